The van der Waals surface area contributed by atoms with Crippen molar-refractivity contribution in [3.63, 3.8) is 0 Å². The van der Waals surface area contributed by atoms with Crippen molar-refractivity contribution in [2.45, 2.75) is 18.7 Å². The third-order valence-electron chi connectivity index (χ3n) is 4.56. The minimum absolute atomic E-state index is 0.0808. The monoisotopic (exact) mass is 382 g/mol. The van der Waals surface area contributed by atoms with Crippen LogP contribution in [0.4, 0.5) is 18.9 Å². The van der Waals surface area contributed by atoms with E-state index in [2.05, 4.69) is 10.5 Å². The fraction of sp³-hybridized carbons (Fsp3) is 0.136. The fourth-order valence-electron chi connectivity index (χ4n) is 3.20. The Kier molecular flexibility index (Phi) is 4.77. The summed E-state index contributed by atoms with van der Waals surface area (Å²) in [5, 5.41) is 4.33. The molecule has 6 heteroatoms. The van der Waals surface area contributed by atoms with Gasteiger partial charge in [0.15, 0.2) is 0 Å². The van der Waals surface area contributed by atoms with Crippen LogP contribution >= 0.6 is 0 Å². The zero-order valence-electron chi connectivity index (χ0n) is 14.8. The molecule has 4 rings (SSSR count). The van der Waals surface area contributed by atoms with Gasteiger partial charge in [-0.05, 0) is 29.8 Å². The number of para-hydroxylation sites is 2. The average molecular weight is 382 g/mol. The number of ether oxygens (including phenoxy) is 1. The molecule has 0 spiro atoms. The molecule has 0 radical (unpaired) electrons. The van der Waals surface area contributed by atoms with Crippen molar-refractivity contribution in [2.75, 3.05) is 5.43 Å². The van der Waals surface area contributed by atoms with E-state index in [9.17, 15) is 13.2 Å². The first-order valence-corrected chi connectivity index (χ1v) is 8.82. The minimum Gasteiger partial charge on any atom is -0.485 e. The molecule has 1 unspecified atom stereocenters. The van der Waals surface area contributed by atoms with Crippen LogP contribution in [0.25, 0.3) is 0 Å². The maximum absolute atomic E-state index is 13.2. The van der Waals surface area contributed by atoms with Gasteiger partial charge in [-0.2, -0.15) is 18.3 Å². The van der Waals surface area contributed by atoms with Crippen molar-refractivity contribution < 1.29 is 17.9 Å². The number of nitrogens with one attached hydrogen (secondary N) is 1. The average Bonchev–Trinajstić information content (AvgIpc) is 2.72. The number of rotatable bonds is 3. The lowest BCUT2D eigenvalue weighted by atomic mass is 9.96. The summed E-state index contributed by atoms with van der Waals surface area (Å²) in [6.45, 7) is 0. The zero-order valence-corrected chi connectivity index (χ0v) is 14.8. The summed E-state index contributed by atoms with van der Waals surface area (Å²) in [6, 6.07) is 22.4. The summed E-state index contributed by atoms with van der Waals surface area (Å²) in [6.07, 6.45) is -4.26. The molecule has 28 heavy (non-hydrogen) atoms. The van der Waals surface area contributed by atoms with Gasteiger partial charge < -0.3 is 4.74 Å². The number of hydrazone groups is 1. The van der Waals surface area contributed by atoms with Gasteiger partial charge in [-0.3, -0.25) is 5.43 Å². The third-order valence-corrected chi connectivity index (χ3v) is 4.56. The lowest BCUT2D eigenvalue weighted by Crippen LogP contribution is -2.22. The van der Waals surface area contributed by atoms with Crippen LogP contribution < -0.4 is 10.2 Å². The Balaban J connectivity index is 1.68. The van der Waals surface area contributed by atoms with Crippen LogP contribution in [0.1, 0.15) is 29.2 Å². The highest BCUT2D eigenvalue weighted by Gasteiger charge is 2.33. The molecule has 3 aromatic rings. The quantitative estimate of drug-likeness (QED) is 0.560. The molecule has 142 valence electrons. The number of alkyl halides is 3. The van der Waals surface area contributed by atoms with Crippen LogP contribution in [0.5, 0.6) is 5.75 Å². The smallest absolute Gasteiger partial charge is 0.418 e. The van der Waals surface area contributed by atoms with Crippen molar-refractivity contribution in [1.29, 1.82) is 0 Å². The van der Waals surface area contributed by atoms with Gasteiger partial charge in [0, 0.05) is 12.0 Å². The van der Waals surface area contributed by atoms with E-state index in [4.69, 9.17) is 4.74 Å². The Bertz CT molecular complexity index is 1000. The highest BCUT2D eigenvalue weighted by Crippen LogP contribution is 2.37. The third kappa shape index (κ3) is 3.71. The number of hydrogen-bond acceptors (Lipinski definition) is 3. The first-order chi connectivity index (χ1) is 13.5. The Labute approximate surface area is 160 Å². The predicted molar refractivity (Wildman–Crippen MR) is 102 cm³/mol. The fourth-order valence-corrected chi connectivity index (χ4v) is 3.20. The largest absolute Gasteiger partial charge is 0.485 e. The van der Waals surface area contributed by atoms with Crippen molar-refractivity contribution in [3.05, 3.63) is 95.6 Å². The van der Waals surface area contributed by atoms with E-state index >= 15 is 0 Å². The first kappa shape index (κ1) is 18.1. The normalized spacial score (nSPS) is 17.7. The van der Waals surface area contributed by atoms with Gasteiger partial charge in [0.25, 0.3) is 0 Å². The maximum Gasteiger partial charge on any atom is 0.418 e. The Morgan fingerprint density at radius 2 is 1.54 bits per heavy atom. The second-order valence-corrected chi connectivity index (χ2v) is 6.43. The first-order valence-electron chi connectivity index (χ1n) is 8.82. The molecule has 1 aliphatic heterocycles. The molecule has 1 N–H and O–H groups in total. The second kappa shape index (κ2) is 7.38. The van der Waals surface area contributed by atoms with Gasteiger partial charge in [0.05, 0.1) is 17.0 Å². The van der Waals surface area contributed by atoms with E-state index in [1.807, 2.05) is 54.6 Å². The molecular formula is C22H17F3N2O. The van der Waals surface area contributed by atoms with E-state index in [0.29, 0.717) is 17.9 Å². The lowest BCUT2D eigenvalue weighted by molar-refractivity contribution is -0.136. The SMILES string of the molecule is FC(F)(F)c1ccccc1N/N=C1\CC(c2ccccc2)Oc2ccccc21. The summed E-state index contributed by atoms with van der Waals surface area (Å²) < 4.78 is 45.8. The summed E-state index contributed by atoms with van der Waals surface area (Å²) in [7, 11) is 0. The van der Waals surface area contributed by atoms with E-state index in [0.717, 1.165) is 17.2 Å². The minimum atomic E-state index is -4.45. The van der Waals surface area contributed by atoms with Crippen LogP contribution in [0.15, 0.2) is 84.0 Å². The number of nitrogens with zero attached hydrogens (tertiary/aromatic N) is 1. The standard InChI is InChI=1S/C22H17F3N2O/c23-22(24,25)17-11-5-6-12-18(17)26-27-19-14-21(15-8-2-1-3-9-15)28-20-13-7-4-10-16(19)20/h1-13,21,26H,14H2/b27-19+. The highest BCUT2D eigenvalue weighted by atomic mass is 19.4. The van der Waals surface area contributed by atoms with E-state index in [1.165, 1.54) is 12.1 Å². The summed E-state index contributed by atoms with van der Waals surface area (Å²) in [5.41, 5.74) is 4.19. The topological polar surface area (TPSA) is 33.6 Å². The Hall–Kier alpha value is -3.28. The highest BCUT2D eigenvalue weighted by molar-refractivity contribution is 6.04. The molecule has 1 aliphatic rings. The molecule has 0 bridgehead atoms. The summed E-state index contributed by atoms with van der Waals surface area (Å²) in [4.78, 5) is 0. The lowest BCUT2D eigenvalue weighted by Gasteiger charge is -2.27. The Morgan fingerprint density at radius 1 is 0.857 bits per heavy atom. The molecular weight excluding hydrogens is 365 g/mol. The van der Waals surface area contributed by atoms with Crippen molar-refractivity contribution in [2.24, 2.45) is 5.10 Å². The molecule has 1 heterocycles. The van der Waals surface area contributed by atoms with Crippen LogP contribution in [-0.4, -0.2) is 5.71 Å². The molecule has 3 nitrogen and oxygen atoms in total. The van der Waals surface area contributed by atoms with Gasteiger partial charge in [-0.15, -0.1) is 0 Å². The van der Waals surface area contributed by atoms with E-state index in [1.54, 1.807) is 6.07 Å². The molecule has 1 atom stereocenters. The molecule has 0 saturated carbocycles. The zero-order chi connectivity index (χ0) is 19.6. The van der Waals surface area contributed by atoms with Gasteiger partial charge in [-0.1, -0.05) is 54.6 Å². The van der Waals surface area contributed by atoms with Crippen LogP contribution in [0.2, 0.25) is 0 Å². The predicted octanol–water partition coefficient (Wildman–Crippen LogP) is 6.05. The van der Waals surface area contributed by atoms with Gasteiger partial charge in [-0.25, -0.2) is 0 Å². The van der Waals surface area contributed by atoms with Gasteiger partial charge in [0.2, 0.25) is 0 Å². The van der Waals surface area contributed by atoms with Crippen molar-refractivity contribution >= 4 is 11.4 Å². The number of hydrogen-bond donors (Lipinski definition) is 1. The molecule has 0 aromatic heterocycles. The molecule has 0 aliphatic carbocycles. The number of fused-ring (bicyclic) bond motifs is 1. The molecule has 0 amide bonds. The van der Waals surface area contributed by atoms with Crippen LogP contribution in [0, 0.1) is 0 Å². The van der Waals surface area contributed by atoms with E-state index in [-0.39, 0.29) is 11.8 Å². The van der Waals surface area contributed by atoms with Crippen molar-refractivity contribution in [1.82, 2.24) is 0 Å². The van der Waals surface area contributed by atoms with Crippen LogP contribution in [-0.2, 0) is 6.18 Å². The summed E-state index contributed by atoms with van der Waals surface area (Å²) in [5.74, 6) is 0.659. The Morgan fingerprint density at radius 3 is 2.32 bits per heavy atom. The van der Waals surface area contributed by atoms with Gasteiger partial charge in [0.1, 0.15) is 11.9 Å². The number of anilines is 1. The number of halogens is 3. The number of benzene rings is 3. The second-order valence-electron chi connectivity index (χ2n) is 6.43. The molecule has 0 saturated heterocycles. The van der Waals surface area contributed by atoms with Crippen LogP contribution in [0.3, 0.4) is 0 Å². The van der Waals surface area contributed by atoms with E-state index < -0.39 is 11.7 Å². The molecule has 3 aromatic carbocycles. The molecule has 0 fully saturated rings. The van der Waals surface area contributed by atoms with Crippen molar-refractivity contribution in [3.8, 4) is 5.75 Å². The van der Waals surface area contributed by atoms with Gasteiger partial charge >= 0.3 is 6.18 Å². The maximum atomic E-state index is 13.2. The summed E-state index contributed by atoms with van der Waals surface area (Å²) >= 11 is 0.